The van der Waals surface area contributed by atoms with Crippen LogP contribution in [0.2, 0.25) is 0 Å². The predicted molar refractivity (Wildman–Crippen MR) is 144 cm³/mol. The van der Waals surface area contributed by atoms with Crippen molar-refractivity contribution in [1.29, 1.82) is 0 Å². The fourth-order valence-corrected chi connectivity index (χ4v) is 5.58. The third-order valence-electron chi connectivity index (χ3n) is 6.19. The van der Waals surface area contributed by atoms with Crippen LogP contribution in [0.15, 0.2) is 42.9 Å². The van der Waals surface area contributed by atoms with Gasteiger partial charge in [0.05, 0.1) is 33.8 Å². The van der Waals surface area contributed by atoms with Gasteiger partial charge in [-0.25, -0.2) is 14.6 Å². The maximum atomic E-state index is 11.7. The lowest BCUT2D eigenvalue weighted by atomic mass is 9.95. The quantitative estimate of drug-likeness (QED) is 0.391. The first-order chi connectivity index (χ1) is 17.4. The molecule has 1 aliphatic carbocycles. The molecule has 0 aliphatic heterocycles. The largest absolute Gasteiger partial charge is 0.360 e. The molecule has 4 heterocycles. The van der Waals surface area contributed by atoms with Gasteiger partial charge in [0.15, 0.2) is 5.13 Å². The number of nitrogens with one attached hydrogen (secondary N) is 1. The second-order valence-corrected chi connectivity index (χ2v) is 10.3. The van der Waals surface area contributed by atoms with E-state index in [1.54, 1.807) is 6.20 Å². The van der Waals surface area contributed by atoms with Gasteiger partial charge in [0.2, 0.25) is 5.91 Å². The molecule has 4 aromatic rings. The van der Waals surface area contributed by atoms with Crippen molar-refractivity contribution < 1.29 is 4.79 Å². The normalized spacial score (nSPS) is 12.4. The number of anilines is 2. The molecular formula is C26H30N8OS. The van der Waals surface area contributed by atoms with Crippen molar-refractivity contribution in [1.82, 2.24) is 29.6 Å². The molecular weight excluding hydrogens is 472 g/mol. The number of nitrogens with zero attached hydrogens (tertiary/aromatic N) is 7. The van der Waals surface area contributed by atoms with Gasteiger partial charge in [0, 0.05) is 44.0 Å². The fourth-order valence-electron chi connectivity index (χ4n) is 4.46. The Hall–Kier alpha value is -3.63. The lowest BCUT2D eigenvalue weighted by Gasteiger charge is -2.20. The van der Waals surface area contributed by atoms with Crippen LogP contribution >= 0.6 is 11.3 Å². The van der Waals surface area contributed by atoms with E-state index in [2.05, 4.69) is 47.3 Å². The van der Waals surface area contributed by atoms with Gasteiger partial charge in [0.1, 0.15) is 5.82 Å². The second kappa shape index (κ2) is 10.2. The standard InChI is InChI=1S/C26H30N8OS/c1-17(35)29-26-30-21-10-9-20-23(18-7-5-12-27-15-18)31-34(24(20)25(21)36-26)19-8-11-22(28-16-19)33(4)14-6-13-32(2)3/h5,7-8,11-12,15-16H,6,9-10,13-14H2,1-4H3,(H,29,30,35). The second-order valence-electron chi connectivity index (χ2n) is 9.26. The van der Waals surface area contributed by atoms with Gasteiger partial charge in [0.25, 0.3) is 0 Å². The van der Waals surface area contributed by atoms with E-state index in [0.29, 0.717) is 5.13 Å². The van der Waals surface area contributed by atoms with Crippen molar-refractivity contribution in [3.63, 3.8) is 0 Å². The lowest BCUT2D eigenvalue weighted by molar-refractivity contribution is -0.114. The zero-order chi connectivity index (χ0) is 25.2. The molecule has 0 atom stereocenters. The highest BCUT2D eigenvalue weighted by atomic mass is 32.1. The minimum absolute atomic E-state index is 0.125. The van der Waals surface area contributed by atoms with Gasteiger partial charge in [-0.15, -0.1) is 0 Å². The molecule has 9 nitrogen and oxygen atoms in total. The minimum atomic E-state index is -0.125. The number of pyridine rings is 2. The number of rotatable bonds is 8. The molecule has 5 rings (SSSR count). The van der Waals surface area contributed by atoms with E-state index in [4.69, 9.17) is 15.1 Å². The predicted octanol–water partition coefficient (Wildman–Crippen LogP) is 3.90. The third kappa shape index (κ3) is 4.87. The summed E-state index contributed by atoms with van der Waals surface area (Å²) in [6, 6.07) is 8.07. The molecule has 0 bridgehead atoms. The summed E-state index contributed by atoms with van der Waals surface area (Å²) in [4.78, 5) is 30.8. The molecule has 1 N–H and O–H groups in total. The first-order valence-corrected chi connectivity index (χ1v) is 12.8. The summed E-state index contributed by atoms with van der Waals surface area (Å²) < 4.78 is 1.97. The monoisotopic (exact) mass is 502 g/mol. The first-order valence-electron chi connectivity index (χ1n) is 12.0. The van der Waals surface area contributed by atoms with E-state index in [0.717, 1.165) is 71.4 Å². The summed E-state index contributed by atoms with van der Waals surface area (Å²) in [5.41, 5.74) is 5.95. The van der Waals surface area contributed by atoms with Crippen molar-refractivity contribution in [2.75, 3.05) is 44.4 Å². The Labute approximate surface area is 214 Å². The smallest absolute Gasteiger partial charge is 0.223 e. The zero-order valence-electron chi connectivity index (χ0n) is 21.0. The summed E-state index contributed by atoms with van der Waals surface area (Å²) in [5, 5.41) is 8.51. The molecule has 0 radical (unpaired) electrons. The van der Waals surface area contributed by atoms with Crippen LogP contribution in [0.3, 0.4) is 0 Å². The average molecular weight is 503 g/mol. The van der Waals surface area contributed by atoms with Crippen molar-refractivity contribution >= 4 is 28.2 Å². The van der Waals surface area contributed by atoms with Gasteiger partial charge < -0.3 is 15.1 Å². The molecule has 0 fully saturated rings. The molecule has 186 valence electrons. The first kappa shape index (κ1) is 24.1. The van der Waals surface area contributed by atoms with Crippen molar-refractivity contribution in [3.8, 4) is 27.5 Å². The van der Waals surface area contributed by atoms with Gasteiger partial charge in [-0.3, -0.25) is 9.78 Å². The Morgan fingerprint density at radius 1 is 1.14 bits per heavy atom. The topological polar surface area (TPSA) is 92.1 Å². The van der Waals surface area contributed by atoms with Crippen LogP contribution in [-0.2, 0) is 17.6 Å². The van der Waals surface area contributed by atoms with Crippen molar-refractivity contribution in [2.24, 2.45) is 0 Å². The van der Waals surface area contributed by atoms with E-state index in [9.17, 15) is 4.79 Å². The van der Waals surface area contributed by atoms with E-state index >= 15 is 0 Å². The number of carbonyl (C=O) groups excluding carboxylic acids is 1. The Balaban J connectivity index is 1.54. The van der Waals surface area contributed by atoms with Crippen LogP contribution in [0, 0.1) is 0 Å². The molecule has 4 aromatic heterocycles. The zero-order valence-corrected chi connectivity index (χ0v) is 21.8. The van der Waals surface area contributed by atoms with E-state index in [-0.39, 0.29) is 5.91 Å². The molecule has 0 saturated heterocycles. The highest BCUT2D eigenvalue weighted by Gasteiger charge is 2.30. The minimum Gasteiger partial charge on any atom is -0.360 e. The fraction of sp³-hybridized carbons (Fsp3) is 0.346. The van der Waals surface area contributed by atoms with E-state index in [1.165, 1.54) is 23.8 Å². The molecule has 0 saturated carbocycles. The summed E-state index contributed by atoms with van der Waals surface area (Å²) in [6.45, 7) is 3.47. The number of aromatic nitrogens is 5. The number of thiazole rings is 1. The Kier molecular flexibility index (Phi) is 6.80. The van der Waals surface area contributed by atoms with Gasteiger partial charge in [-0.05, 0) is 64.2 Å². The van der Waals surface area contributed by atoms with Crippen LogP contribution in [0.25, 0.3) is 27.5 Å². The van der Waals surface area contributed by atoms with Crippen LogP contribution in [0.1, 0.15) is 24.6 Å². The number of fused-ring (bicyclic) bond motifs is 3. The molecule has 10 heteroatoms. The van der Waals surface area contributed by atoms with Gasteiger partial charge in [-0.1, -0.05) is 11.3 Å². The molecule has 0 spiro atoms. The van der Waals surface area contributed by atoms with Gasteiger partial charge in [-0.2, -0.15) is 5.10 Å². The molecule has 1 amide bonds. The number of hydrogen-bond donors (Lipinski definition) is 1. The number of hydrogen-bond acceptors (Lipinski definition) is 8. The number of aryl methyl sites for hydroxylation is 1. The SMILES string of the molecule is CC(=O)Nc1nc2c(s1)-c1c(c(-c3cccnc3)nn1-c1ccc(N(C)CCCN(C)C)nc1)CC2. The maximum Gasteiger partial charge on any atom is 0.223 e. The highest BCUT2D eigenvalue weighted by molar-refractivity contribution is 7.19. The lowest BCUT2D eigenvalue weighted by Crippen LogP contribution is -2.24. The number of amides is 1. The molecule has 0 aromatic carbocycles. The highest BCUT2D eigenvalue weighted by Crippen LogP contribution is 2.44. The Morgan fingerprint density at radius 2 is 2.00 bits per heavy atom. The maximum absolute atomic E-state index is 11.7. The molecule has 1 aliphatic rings. The summed E-state index contributed by atoms with van der Waals surface area (Å²) in [7, 11) is 6.25. The average Bonchev–Trinajstić information content (AvgIpc) is 3.45. The molecule has 0 unspecified atom stereocenters. The van der Waals surface area contributed by atoms with Crippen LogP contribution in [-0.4, -0.2) is 69.8 Å². The van der Waals surface area contributed by atoms with E-state index in [1.807, 2.05) is 35.3 Å². The van der Waals surface area contributed by atoms with Gasteiger partial charge >= 0.3 is 0 Å². The Bertz CT molecular complexity index is 1360. The third-order valence-corrected chi connectivity index (χ3v) is 7.21. The summed E-state index contributed by atoms with van der Waals surface area (Å²) in [6.07, 6.45) is 8.18. The van der Waals surface area contributed by atoms with E-state index < -0.39 is 0 Å². The van der Waals surface area contributed by atoms with Crippen LogP contribution in [0.4, 0.5) is 10.9 Å². The summed E-state index contributed by atoms with van der Waals surface area (Å²) in [5.74, 6) is 0.804. The van der Waals surface area contributed by atoms with Crippen LogP contribution in [0.5, 0.6) is 0 Å². The summed E-state index contributed by atoms with van der Waals surface area (Å²) >= 11 is 1.49. The van der Waals surface area contributed by atoms with Crippen LogP contribution < -0.4 is 10.2 Å². The molecule has 36 heavy (non-hydrogen) atoms. The Morgan fingerprint density at radius 3 is 2.69 bits per heavy atom. The van der Waals surface area contributed by atoms with Crippen molar-refractivity contribution in [2.45, 2.75) is 26.2 Å². The van der Waals surface area contributed by atoms with Crippen molar-refractivity contribution in [3.05, 3.63) is 54.1 Å². The number of carbonyl (C=O) groups is 1.